The summed E-state index contributed by atoms with van der Waals surface area (Å²) in [4.78, 5) is 46.1. The Balaban J connectivity index is 1.94. The second kappa shape index (κ2) is 7.09. The molecule has 0 unspecified atom stereocenters. The number of nitro groups is 1. The van der Waals surface area contributed by atoms with Crippen molar-refractivity contribution in [3.63, 3.8) is 0 Å². The number of hydrogen-bond donors (Lipinski definition) is 1. The van der Waals surface area contributed by atoms with Crippen molar-refractivity contribution in [3.8, 4) is 0 Å². The molecule has 2 amide bonds. The Bertz CT molecular complexity index is 648. The molecule has 1 aliphatic heterocycles. The lowest BCUT2D eigenvalue weighted by Gasteiger charge is -2.15. The maximum atomic E-state index is 12.1. The molecule has 1 atom stereocenters. The number of nitro benzene ring substituents is 1. The number of amides is 2. The summed E-state index contributed by atoms with van der Waals surface area (Å²) in [5, 5.41) is 12.2. The first-order valence-electron chi connectivity index (χ1n) is 6.49. The molecule has 1 aromatic carbocycles. The van der Waals surface area contributed by atoms with Crippen molar-refractivity contribution in [2.45, 2.75) is 11.7 Å². The summed E-state index contributed by atoms with van der Waals surface area (Å²) >= 11 is 0.774. The van der Waals surface area contributed by atoms with Gasteiger partial charge in [-0.05, 0) is 12.1 Å². The Labute approximate surface area is 135 Å². The lowest BCUT2D eigenvalue weighted by molar-refractivity contribution is -0.384. The van der Waals surface area contributed by atoms with Gasteiger partial charge >= 0.3 is 5.97 Å². The van der Waals surface area contributed by atoms with E-state index in [1.54, 1.807) is 0 Å². The Kier molecular flexibility index (Phi) is 5.16. The second-order valence-corrected chi connectivity index (χ2v) is 5.71. The molecule has 0 radical (unpaired) electrons. The van der Waals surface area contributed by atoms with Crippen molar-refractivity contribution >= 4 is 40.3 Å². The Morgan fingerprint density at radius 1 is 1.39 bits per heavy atom. The average Bonchev–Trinajstić information content (AvgIpc) is 2.79. The maximum absolute atomic E-state index is 12.1. The zero-order valence-electron chi connectivity index (χ0n) is 12.1. The van der Waals surface area contributed by atoms with Crippen LogP contribution in [0.15, 0.2) is 24.3 Å². The molecule has 2 rings (SSSR count). The zero-order valence-corrected chi connectivity index (χ0v) is 12.9. The highest BCUT2D eigenvalue weighted by atomic mass is 32.2. The van der Waals surface area contributed by atoms with Crippen LogP contribution < -0.4 is 5.32 Å². The van der Waals surface area contributed by atoms with Gasteiger partial charge in [-0.1, -0.05) is 11.8 Å². The van der Waals surface area contributed by atoms with Gasteiger partial charge in [-0.3, -0.25) is 29.4 Å². The molecule has 0 saturated carbocycles. The van der Waals surface area contributed by atoms with Crippen molar-refractivity contribution in [1.29, 1.82) is 0 Å². The van der Waals surface area contributed by atoms with Crippen LogP contribution >= 0.6 is 11.8 Å². The number of carbonyl (C=O) groups excluding carboxylic acids is 3. The smallest absolute Gasteiger partial charge is 0.307 e. The van der Waals surface area contributed by atoms with Crippen molar-refractivity contribution < 1.29 is 24.0 Å². The van der Waals surface area contributed by atoms with Crippen molar-refractivity contribution in [2.75, 3.05) is 19.1 Å². The summed E-state index contributed by atoms with van der Waals surface area (Å²) in [6, 6.07) is 5.57. The fraction of sp³-hybridized carbons (Fsp3) is 0.308. The van der Waals surface area contributed by atoms with Gasteiger partial charge in [0.1, 0.15) is 5.25 Å². The molecule has 0 aromatic heterocycles. The SMILES string of the molecule is COC(=O)C[C@@H]1SC(=O)N(CNc2ccc([N+](=O)[O-])cc2)C1=O. The molecule has 9 nitrogen and oxygen atoms in total. The van der Waals surface area contributed by atoms with E-state index in [0.717, 1.165) is 16.7 Å². The number of anilines is 1. The number of carbonyl (C=O) groups is 3. The second-order valence-electron chi connectivity index (χ2n) is 4.56. The maximum Gasteiger partial charge on any atom is 0.307 e. The molecule has 23 heavy (non-hydrogen) atoms. The summed E-state index contributed by atoms with van der Waals surface area (Å²) in [6.07, 6.45) is -0.167. The van der Waals surface area contributed by atoms with Crippen LogP contribution in [0.5, 0.6) is 0 Å². The third kappa shape index (κ3) is 3.97. The lowest BCUT2D eigenvalue weighted by Crippen LogP contribution is -2.36. The fourth-order valence-electron chi connectivity index (χ4n) is 1.88. The highest BCUT2D eigenvalue weighted by Gasteiger charge is 2.40. The highest BCUT2D eigenvalue weighted by molar-refractivity contribution is 8.15. The number of non-ortho nitro benzene ring substituents is 1. The molecule has 0 spiro atoms. The van der Waals surface area contributed by atoms with Crippen LogP contribution in [0.3, 0.4) is 0 Å². The number of benzene rings is 1. The van der Waals surface area contributed by atoms with Gasteiger partial charge in [-0.2, -0.15) is 0 Å². The topological polar surface area (TPSA) is 119 Å². The van der Waals surface area contributed by atoms with Crippen molar-refractivity contribution in [3.05, 3.63) is 34.4 Å². The normalized spacial score (nSPS) is 17.3. The quantitative estimate of drug-likeness (QED) is 0.471. The van der Waals surface area contributed by atoms with Gasteiger partial charge in [0.05, 0.1) is 25.1 Å². The van der Waals surface area contributed by atoms with E-state index in [0.29, 0.717) is 5.69 Å². The number of hydrogen-bond acceptors (Lipinski definition) is 8. The third-order valence-corrected chi connectivity index (χ3v) is 4.18. The van der Waals surface area contributed by atoms with Gasteiger partial charge in [-0.15, -0.1) is 0 Å². The van der Waals surface area contributed by atoms with Crippen LogP contribution in [-0.4, -0.2) is 46.0 Å². The van der Waals surface area contributed by atoms with Gasteiger partial charge in [-0.25, -0.2) is 0 Å². The van der Waals surface area contributed by atoms with E-state index in [2.05, 4.69) is 10.1 Å². The molecular weight excluding hydrogens is 326 g/mol. The first-order chi connectivity index (χ1) is 10.9. The zero-order chi connectivity index (χ0) is 17.0. The number of nitrogens with zero attached hydrogens (tertiary/aromatic N) is 2. The molecule has 0 aliphatic carbocycles. The van der Waals surface area contributed by atoms with E-state index >= 15 is 0 Å². The Morgan fingerprint density at radius 2 is 2.04 bits per heavy atom. The minimum atomic E-state index is -0.784. The van der Waals surface area contributed by atoms with Crippen LogP contribution in [0.2, 0.25) is 0 Å². The number of rotatable bonds is 6. The molecule has 1 N–H and O–H groups in total. The standard InChI is InChI=1S/C13H13N3O6S/c1-22-11(17)6-10-12(18)15(13(19)23-10)7-14-8-2-4-9(5-3-8)16(20)21/h2-5,10,14H,6-7H2,1H3/t10-/m0/s1. The summed E-state index contributed by atoms with van der Waals surface area (Å²) < 4.78 is 4.49. The molecule has 1 saturated heterocycles. The van der Waals surface area contributed by atoms with Crippen LogP contribution in [0, 0.1) is 10.1 Å². The summed E-state index contributed by atoms with van der Waals surface area (Å²) in [6.45, 7) is -0.0832. The van der Waals surface area contributed by atoms with Crippen LogP contribution in [0.1, 0.15) is 6.42 Å². The molecule has 10 heteroatoms. The third-order valence-electron chi connectivity index (χ3n) is 3.10. The van der Waals surface area contributed by atoms with Gasteiger partial charge in [0.25, 0.3) is 10.9 Å². The van der Waals surface area contributed by atoms with Crippen LogP contribution in [0.25, 0.3) is 0 Å². The van der Waals surface area contributed by atoms with Crippen LogP contribution in [-0.2, 0) is 14.3 Å². The molecular formula is C13H13N3O6S. The number of ether oxygens (including phenoxy) is 1. The minimum absolute atomic E-state index is 0.0578. The summed E-state index contributed by atoms with van der Waals surface area (Å²) in [7, 11) is 1.21. The van der Waals surface area contributed by atoms with E-state index < -0.39 is 27.3 Å². The molecule has 1 aliphatic rings. The van der Waals surface area contributed by atoms with E-state index in [9.17, 15) is 24.5 Å². The van der Waals surface area contributed by atoms with E-state index in [1.807, 2.05) is 0 Å². The number of methoxy groups -OCH3 is 1. The van der Waals surface area contributed by atoms with Crippen molar-refractivity contribution in [1.82, 2.24) is 4.90 Å². The summed E-state index contributed by atoms with van der Waals surface area (Å²) in [5.41, 5.74) is 0.468. The lowest BCUT2D eigenvalue weighted by atomic mass is 10.2. The first kappa shape index (κ1) is 16.7. The monoisotopic (exact) mass is 339 g/mol. The number of thioether (sulfide) groups is 1. The predicted octanol–water partition coefficient (Wildman–Crippen LogP) is 1.59. The van der Waals surface area contributed by atoms with E-state index in [-0.39, 0.29) is 18.8 Å². The predicted molar refractivity (Wildman–Crippen MR) is 81.8 cm³/mol. The molecule has 122 valence electrons. The van der Waals surface area contributed by atoms with Crippen LogP contribution in [0.4, 0.5) is 16.2 Å². The van der Waals surface area contributed by atoms with Gasteiger partial charge < -0.3 is 10.1 Å². The van der Waals surface area contributed by atoms with E-state index in [4.69, 9.17) is 0 Å². The van der Waals surface area contributed by atoms with Gasteiger partial charge in [0.2, 0.25) is 5.91 Å². The number of esters is 1. The fourth-order valence-corrected chi connectivity index (χ4v) is 2.85. The summed E-state index contributed by atoms with van der Waals surface area (Å²) in [5.74, 6) is -1.03. The first-order valence-corrected chi connectivity index (χ1v) is 7.37. The number of imide groups is 1. The molecule has 1 heterocycles. The Morgan fingerprint density at radius 3 is 2.61 bits per heavy atom. The highest BCUT2D eigenvalue weighted by Crippen LogP contribution is 2.29. The minimum Gasteiger partial charge on any atom is -0.469 e. The van der Waals surface area contributed by atoms with Crippen molar-refractivity contribution in [2.24, 2.45) is 0 Å². The van der Waals surface area contributed by atoms with Gasteiger partial charge in [0.15, 0.2) is 0 Å². The average molecular weight is 339 g/mol. The van der Waals surface area contributed by atoms with Gasteiger partial charge in [0, 0.05) is 17.8 Å². The Hall–Kier alpha value is -2.62. The molecule has 1 aromatic rings. The number of nitrogens with one attached hydrogen (secondary N) is 1. The molecule has 1 fully saturated rings. The molecule has 0 bridgehead atoms. The van der Waals surface area contributed by atoms with E-state index in [1.165, 1.54) is 31.4 Å². The largest absolute Gasteiger partial charge is 0.469 e.